The fraction of sp³-hybridized carbons (Fsp3) is 0.778. The number of ether oxygens (including phenoxy) is 1. The Kier molecular flexibility index (Phi) is 4.83. The summed E-state index contributed by atoms with van der Waals surface area (Å²) in [5, 5.41) is 5.59. The second-order valence-electron chi connectivity index (χ2n) is 4.26. The molecule has 0 saturated heterocycles. The summed E-state index contributed by atoms with van der Waals surface area (Å²) >= 11 is 4.87. The molecular weight excluding hydrogens is 200 g/mol. The molecule has 0 aromatic rings. The van der Waals surface area contributed by atoms with E-state index in [-0.39, 0.29) is 11.2 Å². The highest BCUT2D eigenvalue weighted by atomic mass is 32.1. The first kappa shape index (κ1) is 13.2. The Morgan fingerprint density at radius 3 is 2.21 bits per heavy atom. The molecule has 0 aromatic carbocycles. The van der Waals surface area contributed by atoms with E-state index in [1.165, 1.54) is 0 Å². The lowest BCUT2D eigenvalue weighted by atomic mass is 10.2. The van der Waals surface area contributed by atoms with Crippen LogP contribution < -0.4 is 10.6 Å². The van der Waals surface area contributed by atoms with Crippen LogP contribution in [0.15, 0.2) is 0 Å². The minimum atomic E-state index is -0.532. The summed E-state index contributed by atoms with van der Waals surface area (Å²) < 4.78 is 5.01. The zero-order valence-electron chi connectivity index (χ0n) is 9.30. The fourth-order valence-electron chi connectivity index (χ4n) is 0.695. The van der Waals surface area contributed by atoms with Crippen molar-refractivity contribution in [3.63, 3.8) is 0 Å². The Labute approximate surface area is 90.4 Å². The minimum Gasteiger partial charge on any atom is -0.444 e. The fourth-order valence-corrected chi connectivity index (χ4v) is 1.01. The lowest BCUT2D eigenvalue weighted by Gasteiger charge is -2.20. The Morgan fingerprint density at radius 2 is 1.86 bits per heavy atom. The summed E-state index contributed by atoms with van der Waals surface area (Å²) in [6, 6.07) is 0.192. The van der Waals surface area contributed by atoms with Crippen molar-refractivity contribution in [1.82, 2.24) is 10.6 Å². The van der Waals surface area contributed by atoms with Crippen LogP contribution >= 0.6 is 12.2 Å². The number of alkyl carbamates (subject to hydrolysis) is 1. The normalized spacial score (nSPS) is 11.0. The third-order valence-electron chi connectivity index (χ3n) is 1.03. The van der Waals surface area contributed by atoms with Crippen LogP contribution in [0.1, 0.15) is 34.6 Å². The Balaban J connectivity index is 3.90. The molecule has 0 saturated carbocycles. The van der Waals surface area contributed by atoms with Gasteiger partial charge in [0.05, 0.1) is 0 Å². The maximum absolute atomic E-state index is 11.2. The van der Waals surface area contributed by atoms with Gasteiger partial charge in [-0.2, -0.15) is 0 Å². The number of nitrogens with one attached hydrogen (secondary N) is 2. The zero-order chi connectivity index (χ0) is 11.4. The van der Waals surface area contributed by atoms with Crippen LogP contribution in [0.5, 0.6) is 0 Å². The van der Waals surface area contributed by atoms with Gasteiger partial charge in [-0.25, -0.2) is 4.79 Å². The molecule has 0 heterocycles. The first-order chi connectivity index (χ1) is 6.20. The topological polar surface area (TPSA) is 50.4 Å². The van der Waals surface area contributed by atoms with Crippen LogP contribution in [0, 0.1) is 0 Å². The Morgan fingerprint density at radius 1 is 1.36 bits per heavy atom. The van der Waals surface area contributed by atoms with Crippen molar-refractivity contribution in [2.45, 2.75) is 46.3 Å². The van der Waals surface area contributed by atoms with Crippen molar-refractivity contribution >= 4 is 23.4 Å². The minimum absolute atomic E-state index is 0.192. The van der Waals surface area contributed by atoms with Gasteiger partial charge in [0.15, 0.2) is 5.11 Å². The van der Waals surface area contributed by atoms with Crippen molar-refractivity contribution in [2.24, 2.45) is 0 Å². The van der Waals surface area contributed by atoms with Crippen LogP contribution in [-0.2, 0) is 4.74 Å². The molecule has 0 aliphatic heterocycles. The maximum Gasteiger partial charge on any atom is 0.413 e. The summed E-state index contributed by atoms with van der Waals surface area (Å²) in [5.74, 6) is 0. The smallest absolute Gasteiger partial charge is 0.413 e. The summed E-state index contributed by atoms with van der Waals surface area (Å²) in [6.45, 7) is 9.26. The molecule has 4 nitrogen and oxygen atoms in total. The molecule has 0 unspecified atom stereocenters. The van der Waals surface area contributed by atoms with E-state index in [9.17, 15) is 4.79 Å². The van der Waals surface area contributed by atoms with E-state index >= 15 is 0 Å². The quantitative estimate of drug-likeness (QED) is 0.659. The van der Waals surface area contributed by atoms with Gasteiger partial charge in [0.2, 0.25) is 0 Å². The van der Waals surface area contributed by atoms with Gasteiger partial charge in [-0.15, -0.1) is 0 Å². The van der Waals surface area contributed by atoms with E-state index in [4.69, 9.17) is 17.0 Å². The summed E-state index contributed by atoms with van der Waals surface area (Å²) in [7, 11) is 0. The summed E-state index contributed by atoms with van der Waals surface area (Å²) in [5.41, 5.74) is -0.502. The number of hydrogen-bond donors (Lipinski definition) is 2. The second-order valence-corrected chi connectivity index (χ2v) is 4.66. The molecule has 0 aromatic heterocycles. The summed E-state index contributed by atoms with van der Waals surface area (Å²) in [4.78, 5) is 11.2. The van der Waals surface area contributed by atoms with E-state index in [0.29, 0.717) is 0 Å². The van der Waals surface area contributed by atoms with Gasteiger partial charge in [0.25, 0.3) is 0 Å². The molecule has 82 valence electrons. The molecule has 0 aliphatic carbocycles. The van der Waals surface area contributed by atoms with E-state index in [1.807, 2.05) is 13.8 Å². The number of carbonyl (C=O) groups excluding carboxylic acids is 1. The highest BCUT2D eigenvalue weighted by Crippen LogP contribution is 2.06. The lowest BCUT2D eigenvalue weighted by molar-refractivity contribution is 0.0562. The predicted molar refractivity (Wildman–Crippen MR) is 60.2 cm³/mol. The number of amides is 1. The molecule has 14 heavy (non-hydrogen) atoms. The largest absolute Gasteiger partial charge is 0.444 e. The Hall–Kier alpha value is -0.840. The summed E-state index contributed by atoms with van der Waals surface area (Å²) in [6.07, 6.45) is -0.532. The molecule has 0 spiro atoms. The van der Waals surface area contributed by atoms with E-state index < -0.39 is 11.7 Å². The average molecular weight is 218 g/mol. The van der Waals surface area contributed by atoms with Gasteiger partial charge in [-0.05, 0) is 46.8 Å². The monoisotopic (exact) mass is 218 g/mol. The highest BCUT2D eigenvalue weighted by molar-refractivity contribution is 7.80. The first-order valence-electron chi connectivity index (χ1n) is 4.51. The van der Waals surface area contributed by atoms with Crippen LogP contribution in [0.3, 0.4) is 0 Å². The number of carbonyl (C=O) groups is 1. The van der Waals surface area contributed by atoms with Crippen LogP contribution in [0.2, 0.25) is 0 Å². The Bertz CT molecular complexity index is 221. The van der Waals surface area contributed by atoms with E-state index in [2.05, 4.69) is 10.6 Å². The van der Waals surface area contributed by atoms with Crippen molar-refractivity contribution in [3.8, 4) is 0 Å². The van der Waals surface area contributed by atoms with E-state index in [1.54, 1.807) is 20.8 Å². The van der Waals surface area contributed by atoms with Crippen LogP contribution in [-0.4, -0.2) is 22.8 Å². The molecule has 0 aliphatic rings. The zero-order valence-corrected chi connectivity index (χ0v) is 10.1. The maximum atomic E-state index is 11.2. The van der Waals surface area contributed by atoms with Crippen molar-refractivity contribution in [2.75, 3.05) is 0 Å². The van der Waals surface area contributed by atoms with Crippen LogP contribution in [0.25, 0.3) is 0 Å². The molecule has 5 heteroatoms. The molecule has 2 N–H and O–H groups in total. The molecule has 0 radical (unpaired) electrons. The lowest BCUT2D eigenvalue weighted by Crippen LogP contribution is -2.44. The number of rotatable bonds is 1. The van der Waals surface area contributed by atoms with Crippen LogP contribution in [0.4, 0.5) is 4.79 Å². The molecule has 1 amide bonds. The van der Waals surface area contributed by atoms with Gasteiger partial charge in [0, 0.05) is 6.04 Å². The molecule has 0 rings (SSSR count). The van der Waals surface area contributed by atoms with Crippen molar-refractivity contribution in [3.05, 3.63) is 0 Å². The SMILES string of the molecule is CC(C)NC(=S)NC(=O)OC(C)(C)C. The van der Waals surface area contributed by atoms with Gasteiger partial charge >= 0.3 is 6.09 Å². The highest BCUT2D eigenvalue weighted by Gasteiger charge is 2.16. The molecular formula is C9H18N2O2S. The van der Waals surface area contributed by atoms with Gasteiger partial charge < -0.3 is 10.1 Å². The van der Waals surface area contributed by atoms with Crippen molar-refractivity contribution in [1.29, 1.82) is 0 Å². The molecule has 0 fully saturated rings. The first-order valence-corrected chi connectivity index (χ1v) is 4.92. The number of thiocarbonyl (C=S) groups is 1. The molecule has 0 bridgehead atoms. The van der Waals surface area contributed by atoms with Crippen molar-refractivity contribution < 1.29 is 9.53 Å². The van der Waals surface area contributed by atoms with Gasteiger partial charge in [0.1, 0.15) is 5.60 Å². The third kappa shape index (κ3) is 7.79. The average Bonchev–Trinajstić information content (AvgIpc) is 1.77. The van der Waals surface area contributed by atoms with E-state index in [0.717, 1.165) is 0 Å². The van der Waals surface area contributed by atoms with Gasteiger partial charge in [-0.3, -0.25) is 5.32 Å². The number of hydrogen-bond acceptors (Lipinski definition) is 3. The molecule has 0 atom stereocenters. The second kappa shape index (κ2) is 5.14. The predicted octanol–water partition coefficient (Wildman–Crippen LogP) is 1.79. The van der Waals surface area contributed by atoms with Gasteiger partial charge in [-0.1, -0.05) is 0 Å². The standard InChI is InChI=1S/C9H18N2O2S/c1-6(2)10-7(14)11-8(12)13-9(3,4)5/h6H,1-5H3,(H2,10,11,12,14). The third-order valence-corrected chi connectivity index (χ3v) is 1.25.